The van der Waals surface area contributed by atoms with Gasteiger partial charge in [0.15, 0.2) is 5.75 Å². The number of benzene rings is 1. The first kappa shape index (κ1) is 23.6. The number of aromatic nitrogens is 1. The van der Waals surface area contributed by atoms with E-state index < -0.39 is 5.92 Å². The molecule has 9 heteroatoms. The molecule has 1 unspecified atom stereocenters. The van der Waals surface area contributed by atoms with Crippen LogP contribution >= 0.6 is 11.6 Å². The summed E-state index contributed by atoms with van der Waals surface area (Å²) in [6.07, 6.45) is 8.28. The quantitative estimate of drug-likeness (QED) is 0.516. The summed E-state index contributed by atoms with van der Waals surface area (Å²) in [5.74, 6) is 1.17. The van der Waals surface area contributed by atoms with Gasteiger partial charge in [0.05, 0.1) is 35.5 Å². The Kier molecular flexibility index (Phi) is 5.90. The van der Waals surface area contributed by atoms with E-state index in [2.05, 4.69) is 22.5 Å². The Morgan fingerprint density at radius 1 is 1.28 bits per heavy atom. The molecule has 1 aromatic carbocycles. The van der Waals surface area contributed by atoms with Crippen LogP contribution in [0.15, 0.2) is 16.5 Å². The van der Waals surface area contributed by atoms with Gasteiger partial charge in [0.1, 0.15) is 5.76 Å². The fraction of sp³-hybridized carbons (Fsp3) is 0.593. The minimum atomic E-state index is -0.453. The maximum atomic E-state index is 12.4. The molecule has 4 fully saturated rings. The molecule has 1 spiro atoms. The SMILES string of the molecule is CCc1nc(NC2CN(c3ccc(C4CCC(=O)NC4=O)c(Cl)c3OC)C2)oc1C1CC2(CCC2)C1. The highest BCUT2D eigenvalue weighted by Crippen LogP contribution is 2.62. The largest absolute Gasteiger partial charge is 0.493 e. The smallest absolute Gasteiger partial charge is 0.295 e. The fourth-order valence-corrected chi connectivity index (χ4v) is 6.83. The highest BCUT2D eigenvalue weighted by atomic mass is 35.5. The van der Waals surface area contributed by atoms with Crippen LogP contribution < -0.4 is 20.3 Å². The third kappa shape index (κ3) is 3.94. The number of aryl methyl sites for hydroxylation is 1. The normalized spacial score (nSPS) is 23.6. The molecular formula is C27H33ClN4O4. The molecule has 2 saturated carbocycles. The van der Waals surface area contributed by atoms with Gasteiger partial charge >= 0.3 is 0 Å². The number of halogens is 1. The van der Waals surface area contributed by atoms with Gasteiger partial charge in [-0.1, -0.05) is 31.0 Å². The van der Waals surface area contributed by atoms with Crippen molar-refractivity contribution in [3.63, 3.8) is 0 Å². The topological polar surface area (TPSA) is 96.7 Å². The lowest BCUT2D eigenvalue weighted by atomic mass is 9.51. The van der Waals surface area contributed by atoms with Crippen molar-refractivity contribution in [1.82, 2.24) is 10.3 Å². The Morgan fingerprint density at radius 2 is 2.06 bits per heavy atom. The Hall–Kier alpha value is -2.74. The Balaban J connectivity index is 1.11. The van der Waals surface area contributed by atoms with E-state index in [1.165, 1.54) is 32.1 Å². The van der Waals surface area contributed by atoms with Crippen molar-refractivity contribution in [3.05, 3.63) is 34.2 Å². The molecule has 8 nitrogen and oxygen atoms in total. The highest BCUT2D eigenvalue weighted by Gasteiger charge is 2.50. The van der Waals surface area contributed by atoms with Gasteiger partial charge in [-0.15, -0.1) is 0 Å². The van der Waals surface area contributed by atoms with Crippen LogP contribution in [0.3, 0.4) is 0 Å². The van der Waals surface area contributed by atoms with Crippen molar-refractivity contribution in [1.29, 1.82) is 0 Å². The van der Waals surface area contributed by atoms with Crippen molar-refractivity contribution < 1.29 is 18.7 Å². The molecule has 0 radical (unpaired) electrons. The number of methoxy groups -OCH3 is 1. The Labute approximate surface area is 216 Å². The third-order valence-electron chi connectivity index (χ3n) is 8.68. The molecule has 2 aliphatic heterocycles. The van der Waals surface area contributed by atoms with Crippen LogP contribution in [0.4, 0.5) is 11.7 Å². The molecule has 1 atom stereocenters. The first-order chi connectivity index (χ1) is 17.4. The van der Waals surface area contributed by atoms with Crippen molar-refractivity contribution in [3.8, 4) is 5.75 Å². The number of amides is 2. The standard InChI is InChI=1S/C27H33ClN4O4/c1-3-19-23(15-11-27(12-15)9-4-10-27)36-26(30-19)29-16-13-32(14-16)20-7-5-17(22(28)24(20)35-2)18-6-8-21(33)31-25(18)34/h5,7,15-16,18H,3-4,6,8-14H2,1-2H3,(H,29,30)(H,31,33,34). The summed E-state index contributed by atoms with van der Waals surface area (Å²) in [6, 6.07) is 4.66. The summed E-state index contributed by atoms with van der Waals surface area (Å²) < 4.78 is 11.9. The van der Waals surface area contributed by atoms with Crippen LogP contribution in [0.1, 0.15) is 80.7 Å². The van der Waals surface area contributed by atoms with E-state index in [0.717, 1.165) is 36.7 Å². The zero-order valence-electron chi connectivity index (χ0n) is 20.9. The van der Waals surface area contributed by atoms with Crippen LogP contribution in [-0.2, 0) is 16.0 Å². The van der Waals surface area contributed by atoms with Gasteiger partial charge in [0, 0.05) is 25.4 Å². The molecular weight excluding hydrogens is 480 g/mol. The van der Waals surface area contributed by atoms with E-state index in [1.54, 1.807) is 7.11 Å². The number of nitrogens with zero attached hydrogens (tertiary/aromatic N) is 2. The maximum absolute atomic E-state index is 12.4. The Bertz CT molecular complexity index is 1190. The number of ether oxygens (including phenoxy) is 1. The van der Waals surface area contributed by atoms with Gasteiger partial charge in [-0.25, -0.2) is 0 Å². The minimum Gasteiger partial charge on any atom is -0.493 e. The second kappa shape index (κ2) is 8.98. The molecule has 3 heterocycles. The second-order valence-electron chi connectivity index (χ2n) is 10.9. The molecule has 36 heavy (non-hydrogen) atoms. The summed E-state index contributed by atoms with van der Waals surface area (Å²) in [7, 11) is 1.59. The molecule has 2 amide bonds. The van der Waals surface area contributed by atoms with Gasteiger partial charge < -0.3 is 19.4 Å². The monoisotopic (exact) mass is 512 g/mol. The molecule has 2 aromatic rings. The summed E-state index contributed by atoms with van der Waals surface area (Å²) >= 11 is 6.70. The van der Waals surface area contributed by atoms with Crippen LogP contribution in [0.5, 0.6) is 5.75 Å². The number of nitrogens with one attached hydrogen (secondary N) is 2. The lowest BCUT2D eigenvalue weighted by Gasteiger charge is -2.53. The number of anilines is 2. The molecule has 192 valence electrons. The zero-order chi connectivity index (χ0) is 25.0. The number of rotatable bonds is 7. The van der Waals surface area contributed by atoms with Crippen molar-refractivity contribution in [2.75, 3.05) is 30.4 Å². The van der Waals surface area contributed by atoms with Crippen LogP contribution in [-0.4, -0.2) is 43.0 Å². The van der Waals surface area contributed by atoms with E-state index in [1.807, 2.05) is 12.1 Å². The number of hydrogen-bond acceptors (Lipinski definition) is 7. The predicted octanol–water partition coefficient (Wildman–Crippen LogP) is 4.77. The van der Waals surface area contributed by atoms with Gasteiger partial charge in [0.2, 0.25) is 11.8 Å². The van der Waals surface area contributed by atoms with Crippen molar-refractivity contribution >= 4 is 35.1 Å². The summed E-state index contributed by atoms with van der Waals surface area (Å²) in [4.78, 5) is 30.8. The van der Waals surface area contributed by atoms with Crippen molar-refractivity contribution in [2.45, 2.75) is 76.2 Å². The van der Waals surface area contributed by atoms with E-state index in [0.29, 0.717) is 46.5 Å². The number of carbonyl (C=O) groups is 2. The summed E-state index contributed by atoms with van der Waals surface area (Å²) in [5.41, 5.74) is 3.28. The predicted molar refractivity (Wildman–Crippen MR) is 137 cm³/mol. The Morgan fingerprint density at radius 3 is 2.69 bits per heavy atom. The van der Waals surface area contributed by atoms with Gasteiger partial charge in [-0.05, 0) is 55.6 Å². The van der Waals surface area contributed by atoms with Crippen LogP contribution in [0.25, 0.3) is 0 Å². The second-order valence-corrected chi connectivity index (χ2v) is 11.3. The molecule has 1 aromatic heterocycles. The number of carbonyl (C=O) groups excluding carboxylic acids is 2. The molecule has 4 aliphatic rings. The first-order valence-electron chi connectivity index (χ1n) is 13.1. The summed E-state index contributed by atoms with van der Waals surface area (Å²) in [5, 5.41) is 6.30. The average Bonchev–Trinajstić information content (AvgIpc) is 3.17. The third-order valence-corrected chi connectivity index (χ3v) is 9.07. The number of hydrogen-bond donors (Lipinski definition) is 2. The van der Waals surface area contributed by atoms with Gasteiger partial charge in [-0.2, -0.15) is 4.98 Å². The lowest BCUT2D eigenvalue weighted by molar-refractivity contribution is -0.134. The number of oxazole rings is 1. The molecule has 6 rings (SSSR count). The molecule has 2 N–H and O–H groups in total. The maximum Gasteiger partial charge on any atom is 0.295 e. The van der Waals surface area contributed by atoms with E-state index in [4.69, 9.17) is 25.7 Å². The van der Waals surface area contributed by atoms with E-state index in [9.17, 15) is 9.59 Å². The zero-order valence-corrected chi connectivity index (χ0v) is 21.6. The lowest BCUT2D eigenvalue weighted by Crippen LogP contribution is -2.55. The van der Waals surface area contributed by atoms with Crippen molar-refractivity contribution in [2.24, 2.45) is 5.41 Å². The van der Waals surface area contributed by atoms with Gasteiger partial charge in [0.25, 0.3) is 6.01 Å². The van der Waals surface area contributed by atoms with E-state index in [-0.39, 0.29) is 17.9 Å². The molecule has 2 saturated heterocycles. The first-order valence-corrected chi connectivity index (χ1v) is 13.5. The average molecular weight is 513 g/mol. The molecule has 2 aliphatic carbocycles. The van der Waals surface area contributed by atoms with Crippen LogP contribution in [0, 0.1) is 5.41 Å². The van der Waals surface area contributed by atoms with Gasteiger partial charge in [-0.3, -0.25) is 14.9 Å². The number of imide groups is 1. The van der Waals surface area contributed by atoms with Crippen LogP contribution in [0.2, 0.25) is 5.02 Å². The molecule has 0 bridgehead atoms. The number of piperidine rings is 1. The fourth-order valence-electron chi connectivity index (χ4n) is 6.46. The summed E-state index contributed by atoms with van der Waals surface area (Å²) in [6.45, 7) is 3.66. The minimum absolute atomic E-state index is 0.207. The van der Waals surface area contributed by atoms with E-state index >= 15 is 0 Å². The highest BCUT2D eigenvalue weighted by molar-refractivity contribution is 6.33.